The Morgan fingerprint density at radius 3 is 2.92 bits per heavy atom. The Bertz CT molecular complexity index is 781. The number of nitrogens with zero attached hydrogens (tertiary/aromatic N) is 2. The molecule has 0 unspecified atom stereocenters. The van der Waals surface area contributed by atoms with Crippen molar-refractivity contribution in [1.29, 1.82) is 0 Å². The quantitative estimate of drug-likeness (QED) is 0.904. The first-order valence-electron chi connectivity index (χ1n) is 9.09. The highest BCUT2D eigenvalue weighted by Crippen LogP contribution is 2.28. The molecule has 6 heteroatoms. The fraction of sp³-hybridized carbons (Fsp3) is 0.526. The van der Waals surface area contributed by atoms with Crippen LogP contribution >= 0.6 is 0 Å². The SMILES string of the molecule is O=C(NCC1CC1)[C@H]1CCCN(C(=O)Cc2noc3ccccc23)C1. The standard InChI is InChI=1S/C19H23N3O3/c23-18(10-16-15-5-1-2-6-17(15)25-21-16)22-9-3-4-14(12-22)19(24)20-11-13-7-8-13/h1-2,5-6,13-14H,3-4,7-12H2,(H,20,24)/t14-/m0/s1. The molecule has 1 saturated carbocycles. The van der Waals surface area contributed by atoms with Crippen LogP contribution in [-0.4, -0.2) is 41.5 Å². The molecule has 132 valence electrons. The number of hydrogen-bond acceptors (Lipinski definition) is 4. The molecule has 2 aliphatic rings. The topological polar surface area (TPSA) is 75.4 Å². The van der Waals surface area contributed by atoms with E-state index in [-0.39, 0.29) is 24.2 Å². The number of carbonyl (C=O) groups is 2. The van der Waals surface area contributed by atoms with Crippen molar-refractivity contribution < 1.29 is 14.1 Å². The van der Waals surface area contributed by atoms with E-state index in [9.17, 15) is 9.59 Å². The molecular formula is C19H23N3O3. The molecule has 1 aliphatic carbocycles. The first kappa shape index (κ1) is 16.1. The third-order valence-corrected chi connectivity index (χ3v) is 5.18. The second kappa shape index (κ2) is 6.86. The molecule has 25 heavy (non-hydrogen) atoms. The van der Waals surface area contributed by atoms with E-state index in [1.54, 1.807) is 4.90 Å². The first-order valence-corrected chi connectivity index (χ1v) is 9.09. The number of fused-ring (bicyclic) bond motifs is 1. The molecule has 6 nitrogen and oxygen atoms in total. The Morgan fingerprint density at radius 2 is 2.08 bits per heavy atom. The van der Waals surface area contributed by atoms with Gasteiger partial charge < -0.3 is 14.7 Å². The van der Waals surface area contributed by atoms with Gasteiger partial charge in [0.25, 0.3) is 0 Å². The molecular weight excluding hydrogens is 318 g/mol. The minimum Gasteiger partial charge on any atom is -0.356 e. The van der Waals surface area contributed by atoms with Crippen LogP contribution in [0.3, 0.4) is 0 Å². The molecule has 1 N–H and O–H groups in total. The maximum atomic E-state index is 12.7. The Labute approximate surface area is 146 Å². The summed E-state index contributed by atoms with van der Waals surface area (Å²) in [5.41, 5.74) is 1.36. The summed E-state index contributed by atoms with van der Waals surface area (Å²) in [5.74, 6) is 0.686. The highest BCUT2D eigenvalue weighted by molar-refractivity contribution is 5.87. The van der Waals surface area contributed by atoms with Crippen molar-refractivity contribution in [3.63, 3.8) is 0 Å². The van der Waals surface area contributed by atoms with Crippen molar-refractivity contribution in [3.8, 4) is 0 Å². The number of amides is 2. The van der Waals surface area contributed by atoms with Gasteiger partial charge in [0.15, 0.2) is 5.58 Å². The van der Waals surface area contributed by atoms with Gasteiger partial charge in [-0.2, -0.15) is 0 Å². The van der Waals surface area contributed by atoms with Gasteiger partial charge in [0, 0.05) is 25.0 Å². The van der Waals surface area contributed by atoms with Crippen molar-refractivity contribution in [1.82, 2.24) is 15.4 Å². The largest absolute Gasteiger partial charge is 0.356 e. The molecule has 0 radical (unpaired) electrons. The number of aromatic nitrogens is 1. The maximum Gasteiger partial charge on any atom is 0.228 e. The summed E-state index contributed by atoms with van der Waals surface area (Å²) in [4.78, 5) is 26.8. The van der Waals surface area contributed by atoms with Crippen LogP contribution in [0.1, 0.15) is 31.4 Å². The van der Waals surface area contributed by atoms with Gasteiger partial charge >= 0.3 is 0 Å². The van der Waals surface area contributed by atoms with E-state index in [0.29, 0.717) is 30.3 Å². The predicted molar refractivity (Wildman–Crippen MR) is 92.8 cm³/mol. The number of piperidine rings is 1. The van der Waals surface area contributed by atoms with E-state index in [4.69, 9.17) is 4.52 Å². The zero-order chi connectivity index (χ0) is 17.2. The molecule has 1 aromatic carbocycles. The second-order valence-electron chi connectivity index (χ2n) is 7.17. The molecule has 2 amide bonds. The van der Waals surface area contributed by atoms with Gasteiger partial charge in [0.1, 0.15) is 5.69 Å². The van der Waals surface area contributed by atoms with Gasteiger partial charge in [-0.25, -0.2) is 0 Å². The van der Waals surface area contributed by atoms with E-state index in [1.165, 1.54) is 12.8 Å². The van der Waals surface area contributed by atoms with Gasteiger partial charge in [-0.3, -0.25) is 9.59 Å². The Morgan fingerprint density at radius 1 is 1.24 bits per heavy atom. The summed E-state index contributed by atoms with van der Waals surface area (Å²) in [6.45, 7) is 2.00. The fourth-order valence-electron chi connectivity index (χ4n) is 3.45. The summed E-state index contributed by atoms with van der Waals surface area (Å²) < 4.78 is 5.27. The van der Waals surface area contributed by atoms with E-state index in [1.807, 2.05) is 24.3 Å². The van der Waals surface area contributed by atoms with Crippen LogP contribution in [0.25, 0.3) is 11.0 Å². The first-order chi connectivity index (χ1) is 12.2. The zero-order valence-corrected chi connectivity index (χ0v) is 14.2. The molecule has 1 aliphatic heterocycles. The smallest absolute Gasteiger partial charge is 0.228 e. The molecule has 1 aromatic heterocycles. The van der Waals surface area contributed by atoms with E-state index in [2.05, 4.69) is 10.5 Å². The molecule has 2 aromatic rings. The third-order valence-electron chi connectivity index (χ3n) is 5.18. The van der Waals surface area contributed by atoms with Crippen LogP contribution < -0.4 is 5.32 Å². The van der Waals surface area contributed by atoms with E-state index >= 15 is 0 Å². The summed E-state index contributed by atoms with van der Waals surface area (Å²) in [7, 11) is 0. The number of para-hydroxylation sites is 1. The molecule has 0 spiro atoms. The van der Waals surface area contributed by atoms with Crippen molar-refractivity contribution in [3.05, 3.63) is 30.0 Å². The maximum absolute atomic E-state index is 12.7. The van der Waals surface area contributed by atoms with Crippen molar-refractivity contribution >= 4 is 22.8 Å². The number of hydrogen-bond donors (Lipinski definition) is 1. The molecule has 2 fully saturated rings. The highest BCUT2D eigenvalue weighted by atomic mass is 16.5. The monoisotopic (exact) mass is 341 g/mol. The number of rotatable bonds is 5. The Kier molecular flexibility index (Phi) is 4.42. The fourth-order valence-corrected chi connectivity index (χ4v) is 3.45. The molecule has 1 saturated heterocycles. The summed E-state index contributed by atoms with van der Waals surface area (Å²) in [6.07, 6.45) is 4.38. The average molecular weight is 341 g/mol. The van der Waals surface area contributed by atoms with Crippen LogP contribution in [0, 0.1) is 11.8 Å². The van der Waals surface area contributed by atoms with Crippen LogP contribution in [0.4, 0.5) is 0 Å². The summed E-state index contributed by atoms with van der Waals surface area (Å²) in [6, 6.07) is 7.56. The number of nitrogens with one attached hydrogen (secondary N) is 1. The van der Waals surface area contributed by atoms with Crippen molar-refractivity contribution in [2.45, 2.75) is 32.1 Å². The van der Waals surface area contributed by atoms with E-state index < -0.39 is 0 Å². The van der Waals surface area contributed by atoms with Crippen LogP contribution in [0.15, 0.2) is 28.8 Å². The lowest BCUT2D eigenvalue weighted by Gasteiger charge is -2.32. The lowest BCUT2D eigenvalue weighted by molar-refractivity contribution is -0.135. The Hall–Kier alpha value is -2.37. The normalized spacial score (nSPS) is 20.6. The van der Waals surface area contributed by atoms with Crippen LogP contribution in [-0.2, 0) is 16.0 Å². The lowest BCUT2D eigenvalue weighted by atomic mass is 9.96. The number of carbonyl (C=O) groups excluding carboxylic acids is 2. The highest BCUT2D eigenvalue weighted by Gasteiger charge is 2.30. The van der Waals surface area contributed by atoms with Crippen molar-refractivity contribution in [2.24, 2.45) is 11.8 Å². The van der Waals surface area contributed by atoms with Gasteiger partial charge in [-0.15, -0.1) is 0 Å². The number of likely N-dealkylation sites (tertiary alicyclic amines) is 1. The predicted octanol–water partition coefficient (Wildman–Crippen LogP) is 2.14. The second-order valence-corrected chi connectivity index (χ2v) is 7.17. The molecule has 2 heterocycles. The van der Waals surface area contributed by atoms with E-state index in [0.717, 1.165) is 24.8 Å². The van der Waals surface area contributed by atoms with Gasteiger partial charge in [0.05, 0.1) is 12.3 Å². The summed E-state index contributed by atoms with van der Waals surface area (Å²) in [5, 5.41) is 7.96. The third kappa shape index (κ3) is 3.67. The van der Waals surface area contributed by atoms with Crippen LogP contribution in [0.5, 0.6) is 0 Å². The van der Waals surface area contributed by atoms with Gasteiger partial charge in [-0.05, 0) is 43.7 Å². The minimum atomic E-state index is -0.0921. The minimum absolute atomic E-state index is 0.0127. The average Bonchev–Trinajstić information content (AvgIpc) is 3.40. The van der Waals surface area contributed by atoms with Gasteiger partial charge in [0.2, 0.25) is 11.8 Å². The molecule has 4 rings (SSSR count). The van der Waals surface area contributed by atoms with Crippen LogP contribution in [0.2, 0.25) is 0 Å². The molecule has 1 atom stereocenters. The Balaban J connectivity index is 1.37. The lowest BCUT2D eigenvalue weighted by Crippen LogP contribution is -2.46. The number of benzene rings is 1. The molecule has 0 bridgehead atoms. The summed E-state index contributed by atoms with van der Waals surface area (Å²) >= 11 is 0. The zero-order valence-electron chi connectivity index (χ0n) is 14.2. The van der Waals surface area contributed by atoms with Crippen molar-refractivity contribution in [2.75, 3.05) is 19.6 Å². The van der Waals surface area contributed by atoms with Gasteiger partial charge in [-0.1, -0.05) is 17.3 Å².